The second-order valence-corrected chi connectivity index (χ2v) is 7.45. The van der Waals surface area contributed by atoms with Gasteiger partial charge in [0.1, 0.15) is 5.37 Å². The van der Waals surface area contributed by atoms with Crippen LogP contribution in [0.3, 0.4) is 0 Å². The van der Waals surface area contributed by atoms with E-state index in [1.54, 1.807) is 0 Å². The van der Waals surface area contributed by atoms with E-state index < -0.39 is 0 Å². The molecule has 0 aliphatic carbocycles. The molecule has 126 valence electrons. The van der Waals surface area contributed by atoms with E-state index >= 15 is 0 Å². The Morgan fingerprint density at radius 3 is 2.83 bits per heavy atom. The molecule has 0 saturated carbocycles. The van der Waals surface area contributed by atoms with Gasteiger partial charge in [0.25, 0.3) is 0 Å². The summed E-state index contributed by atoms with van der Waals surface area (Å²) in [4.78, 5) is 14.7. The molecule has 24 heavy (non-hydrogen) atoms. The number of hydrogen-bond donors (Lipinski definition) is 1. The Morgan fingerprint density at radius 2 is 2.08 bits per heavy atom. The Bertz CT molecular complexity index is 744. The van der Waals surface area contributed by atoms with Gasteiger partial charge >= 0.3 is 6.03 Å². The SMILES string of the molecule is CCc1cccc(NC(=O)N2CCS[C@@H]2c2ccc(C)cc2C)c1. The number of nitrogens with zero attached hydrogens (tertiary/aromatic N) is 1. The van der Waals surface area contributed by atoms with Crippen LogP contribution in [-0.2, 0) is 6.42 Å². The summed E-state index contributed by atoms with van der Waals surface area (Å²) in [5.74, 6) is 0.973. The van der Waals surface area contributed by atoms with Crippen LogP contribution in [0, 0.1) is 13.8 Å². The van der Waals surface area contributed by atoms with E-state index in [-0.39, 0.29) is 11.4 Å². The van der Waals surface area contributed by atoms with Crippen molar-refractivity contribution in [1.29, 1.82) is 0 Å². The predicted octanol–water partition coefficient (Wildman–Crippen LogP) is 5.15. The highest BCUT2D eigenvalue weighted by molar-refractivity contribution is 7.99. The molecule has 1 saturated heterocycles. The standard InChI is InChI=1S/C20H24N2OS/c1-4-16-6-5-7-17(13-16)21-20(23)22-10-11-24-19(22)18-9-8-14(2)12-15(18)3/h5-9,12-13,19H,4,10-11H2,1-3H3,(H,21,23)/t19-/m1/s1. The predicted molar refractivity (Wildman–Crippen MR) is 103 cm³/mol. The van der Waals surface area contributed by atoms with Crippen molar-refractivity contribution in [2.75, 3.05) is 17.6 Å². The number of rotatable bonds is 3. The zero-order valence-electron chi connectivity index (χ0n) is 14.5. The van der Waals surface area contributed by atoms with Crippen LogP contribution >= 0.6 is 11.8 Å². The minimum Gasteiger partial charge on any atom is -0.308 e. The molecule has 3 rings (SSSR count). The van der Waals surface area contributed by atoms with Gasteiger partial charge < -0.3 is 10.2 Å². The molecule has 0 unspecified atom stereocenters. The van der Waals surface area contributed by atoms with E-state index in [2.05, 4.69) is 50.4 Å². The highest BCUT2D eigenvalue weighted by Crippen LogP contribution is 2.39. The molecule has 1 aliphatic rings. The smallest absolute Gasteiger partial charge is 0.308 e. The van der Waals surface area contributed by atoms with Crippen molar-refractivity contribution >= 4 is 23.5 Å². The van der Waals surface area contributed by atoms with Crippen LogP contribution in [0.2, 0.25) is 0 Å². The lowest BCUT2D eigenvalue weighted by Crippen LogP contribution is -2.34. The van der Waals surface area contributed by atoms with E-state index in [4.69, 9.17) is 0 Å². The van der Waals surface area contributed by atoms with Crippen molar-refractivity contribution in [2.24, 2.45) is 0 Å². The zero-order valence-corrected chi connectivity index (χ0v) is 15.3. The summed E-state index contributed by atoms with van der Waals surface area (Å²) in [6.07, 6.45) is 0.967. The van der Waals surface area contributed by atoms with E-state index in [1.165, 1.54) is 22.3 Å². The summed E-state index contributed by atoms with van der Waals surface area (Å²) >= 11 is 1.84. The Labute approximate surface area is 148 Å². The van der Waals surface area contributed by atoms with Crippen LogP contribution in [0.1, 0.15) is 34.6 Å². The highest BCUT2D eigenvalue weighted by atomic mass is 32.2. The third-order valence-corrected chi connectivity index (χ3v) is 5.67. The first-order valence-electron chi connectivity index (χ1n) is 8.44. The monoisotopic (exact) mass is 340 g/mol. The third-order valence-electron chi connectivity index (χ3n) is 4.43. The molecule has 1 fully saturated rings. The van der Waals surface area contributed by atoms with Crippen LogP contribution < -0.4 is 5.32 Å². The van der Waals surface area contributed by atoms with Crippen LogP contribution in [0.15, 0.2) is 42.5 Å². The van der Waals surface area contributed by atoms with Gasteiger partial charge in [-0.3, -0.25) is 0 Å². The first kappa shape index (κ1) is 16.9. The number of urea groups is 1. The molecule has 0 bridgehead atoms. The zero-order chi connectivity index (χ0) is 17.1. The van der Waals surface area contributed by atoms with Crippen LogP contribution in [0.5, 0.6) is 0 Å². The maximum Gasteiger partial charge on any atom is 0.323 e. The average Bonchev–Trinajstić information content (AvgIpc) is 3.04. The molecule has 1 heterocycles. The Kier molecular flexibility index (Phi) is 5.14. The van der Waals surface area contributed by atoms with Crippen molar-refractivity contribution < 1.29 is 4.79 Å². The molecule has 0 aromatic heterocycles. The number of benzene rings is 2. The Balaban J connectivity index is 1.78. The molecular weight excluding hydrogens is 316 g/mol. The van der Waals surface area contributed by atoms with Gasteiger partial charge in [-0.2, -0.15) is 0 Å². The third kappa shape index (κ3) is 3.59. The van der Waals surface area contributed by atoms with Gasteiger partial charge in [-0.25, -0.2) is 4.79 Å². The quantitative estimate of drug-likeness (QED) is 0.838. The maximum atomic E-state index is 12.8. The Morgan fingerprint density at radius 1 is 1.25 bits per heavy atom. The fourth-order valence-corrected chi connectivity index (χ4v) is 4.45. The number of hydrogen-bond acceptors (Lipinski definition) is 2. The van der Waals surface area contributed by atoms with Gasteiger partial charge in [-0.05, 0) is 49.1 Å². The normalized spacial score (nSPS) is 17.1. The van der Waals surface area contributed by atoms with Gasteiger partial charge in [-0.15, -0.1) is 11.8 Å². The first-order valence-corrected chi connectivity index (χ1v) is 9.48. The maximum absolute atomic E-state index is 12.8. The van der Waals surface area contributed by atoms with Gasteiger partial charge in [0, 0.05) is 18.0 Å². The molecule has 0 spiro atoms. The molecule has 4 heteroatoms. The number of amides is 2. The lowest BCUT2D eigenvalue weighted by Gasteiger charge is -2.26. The van der Waals surface area contributed by atoms with Gasteiger partial charge in [-0.1, -0.05) is 42.8 Å². The largest absolute Gasteiger partial charge is 0.323 e. The second kappa shape index (κ2) is 7.31. The molecular formula is C20H24N2OS. The summed E-state index contributed by atoms with van der Waals surface area (Å²) in [6.45, 7) is 7.13. The van der Waals surface area contributed by atoms with Crippen molar-refractivity contribution in [1.82, 2.24) is 4.90 Å². The molecule has 1 N–H and O–H groups in total. The number of carbonyl (C=O) groups excluding carboxylic acids is 1. The van der Waals surface area contributed by atoms with Crippen LogP contribution in [-0.4, -0.2) is 23.2 Å². The topological polar surface area (TPSA) is 32.3 Å². The summed E-state index contributed by atoms with van der Waals surface area (Å²) in [5.41, 5.74) is 5.84. The molecule has 0 radical (unpaired) electrons. The minimum absolute atomic E-state index is 0.0155. The summed E-state index contributed by atoms with van der Waals surface area (Å²) in [5, 5.41) is 3.16. The molecule has 2 amide bonds. The fraction of sp³-hybridized carbons (Fsp3) is 0.350. The highest BCUT2D eigenvalue weighted by Gasteiger charge is 2.31. The van der Waals surface area contributed by atoms with E-state index in [0.717, 1.165) is 24.4 Å². The van der Waals surface area contributed by atoms with E-state index in [0.29, 0.717) is 0 Å². The van der Waals surface area contributed by atoms with Gasteiger partial charge in [0.05, 0.1) is 0 Å². The van der Waals surface area contributed by atoms with Crippen LogP contribution in [0.4, 0.5) is 10.5 Å². The van der Waals surface area contributed by atoms with Crippen LogP contribution in [0.25, 0.3) is 0 Å². The molecule has 3 nitrogen and oxygen atoms in total. The molecule has 1 atom stereocenters. The Hall–Kier alpha value is -1.94. The average molecular weight is 340 g/mol. The summed E-state index contributed by atoms with van der Waals surface area (Å²) < 4.78 is 0. The van der Waals surface area contributed by atoms with Crippen molar-refractivity contribution in [3.05, 3.63) is 64.7 Å². The number of nitrogens with one attached hydrogen (secondary N) is 1. The summed E-state index contributed by atoms with van der Waals surface area (Å²) in [6, 6.07) is 14.5. The fourth-order valence-electron chi connectivity index (χ4n) is 3.10. The molecule has 2 aromatic rings. The second-order valence-electron chi connectivity index (χ2n) is 6.26. The lowest BCUT2D eigenvalue weighted by atomic mass is 10.1. The lowest BCUT2D eigenvalue weighted by molar-refractivity contribution is 0.214. The van der Waals surface area contributed by atoms with Crippen molar-refractivity contribution in [3.8, 4) is 0 Å². The minimum atomic E-state index is -0.0155. The van der Waals surface area contributed by atoms with E-state index in [9.17, 15) is 4.79 Å². The number of carbonyl (C=O) groups is 1. The van der Waals surface area contributed by atoms with Crippen molar-refractivity contribution in [2.45, 2.75) is 32.6 Å². The number of thioether (sulfide) groups is 1. The molecule has 2 aromatic carbocycles. The van der Waals surface area contributed by atoms with Gasteiger partial charge in [0.2, 0.25) is 0 Å². The van der Waals surface area contributed by atoms with E-state index in [1.807, 2.05) is 34.9 Å². The first-order chi connectivity index (χ1) is 11.6. The van der Waals surface area contributed by atoms with Gasteiger partial charge in [0.15, 0.2) is 0 Å². The summed E-state index contributed by atoms with van der Waals surface area (Å²) in [7, 11) is 0. The number of aryl methyl sites for hydroxylation is 3. The number of anilines is 1. The molecule has 1 aliphatic heterocycles. The van der Waals surface area contributed by atoms with Crippen molar-refractivity contribution in [3.63, 3.8) is 0 Å².